The summed E-state index contributed by atoms with van der Waals surface area (Å²) in [4.78, 5) is 12.9. The van der Waals surface area contributed by atoms with Crippen LogP contribution in [0.15, 0.2) is 41.8 Å². The van der Waals surface area contributed by atoms with Crippen LogP contribution >= 0.6 is 0 Å². The molecule has 0 amide bonds. The van der Waals surface area contributed by atoms with E-state index in [2.05, 4.69) is 21.3 Å². The molecular weight excluding hydrogens is 261 g/mol. The van der Waals surface area contributed by atoms with Crippen molar-refractivity contribution in [3.05, 3.63) is 42.6 Å². The molecule has 1 aliphatic heterocycles. The maximum absolute atomic E-state index is 12.9. The molecule has 6 heteroatoms. The molecule has 1 radical (unpaired) electrons. The highest BCUT2D eigenvalue weighted by atomic mass is 19.1. The Morgan fingerprint density at radius 1 is 1.35 bits per heavy atom. The zero-order valence-corrected chi connectivity index (χ0v) is 10.5. The minimum absolute atomic E-state index is 0.130. The number of aromatic nitrogens is 2. The summed E-state index contributed by atoms with van der Waals surface area (Å²) in [5, 5.41) is 3.57. The molecule has 1 atom stereocenters. The van der Waals surface area contributed by atoms with Crippen LogP contribution in [-0.4, -0.2) is 28.9 Å². The molecule has 0 aliphatic carbocycles. The second-order valence-electron chi connectivity index (χ2n) is 4.21. The normalized spacial score (nSPS) is 16.9. The Morgan fingerprint density at radius 3 is 3.05 bits per heavy atom. The standard InChI is InChI=1S/C14H11FN3O2/c15-13-4-3-10(8-17-13)14-12(2-1-6-16-14)19-9-11-5-7-18-20-11/h1-4,6,8,11H,5,9H2. The predicted octanol–water partition coefficient (Wildman–Crippen LogP) is 2.31. The van der Waals surface area contributed by atoms with E-state index in [1.165, 1.54) is 12.3 Å². The van der Waals surface area contributed by atoms with Crippen molar-refractivity contribution in [2.75, 3.05) is 6.61 Å². The van der Waals surface area contributed by atoms with E-state index >= 15 is 0 Å². The maximum atomic E-state index is 12.9. The van der Waals surface area contributed by atoms with Gasteiger partial charge in [0.2, 0.25) is 5.95 Å². The Morgan fingerprint density at radius 2 is 2.30 bits per heavy atom. The summed E-state index contributed by atoms with van der Waals surface area (Å²) >= 11 is 0. The Hall–Kier alpha value is -2.50. The lowest BCUT2D eigenvalue weighted by Crippen LogP contribution is -2.17. The van der Waals surface area contributed by atoms with Gasteiger partial charge in [0.25, 0.3) is 0 Å². The third kappa shape index (κ3) is 2.74. The van der Waals surface area contributed by atoms with Crippen molar-refractivity contribution >= 4 is 6.21 Å². The first-order valence-corrected chi connectivity index (χ1v) is 6.11. The highest BCUT2D eigenvalue weighted by molar-refractivity contribution is 5.65. The van der Waals surface area contributed by atoms with Gasteiger partial charge < -0.3 is 9.57 Å². The van der Waals surface area contributed by atoms with Crippen molar-refractivity contribution < 1.29 is 14.0 Å². The van der Waals surface area contributed by atoms with Gasteiger partial charge >= 0.3 is 0 Å². The van der Waals surface area contributed by atoms with E-state index in [9.17, 15) is 4.39 Å². The monoisotopic (exact) mass is 272 g/mol. The van der Waals surface area contributed by atoms with Crippen molar-refractivity contribution in [1.29, 1.82) is 0 Å². The second kappa shape index (κ2) is 5.64. The lowest BCUT2D eigenvalue weighted by Gasteiger charge is -2.13. The summed E-state index contributed by atoms with van der Waals surface area (Å²) in [5.74, 6) is 0.0654. The Labute approximate surface area is 115 Å². The van der Waals surface area contributed by atoms with Crippen LogP contribution in [0, 0.1) is 5.95 Å². The summed E-state index contributed by atoms with van der Waals surface area (Å²) in [6.07, 6.45) is 6.26. The molecule has 0 saturated carbocycles. The van der Waals surface area contributed by atoms with Crippen LogP contribution in [-0.2, 0) is 4.84 Å². The van der Waals surface area contributed by atoms with Crippen LogP contribution in [0.1, 0.15) is 6.42 Å². The molecule has 2 aromatic heterocycles. The average molecular weight is 272 g/mol. The predicted molar refractivity (Wildman–Crippen MR) is 69.8 cm³/mol. The van der Waals surface area contributed by atoms with Gasteiger partial charge in [-0.15, -0.1) is 0 Å². The van der Waals surface area contributed by atoms with E-state index in [1.807, 2.05) is 0 Å². The number of hydrogen-bond acceptors (Lipinski definition) is 5. The molecule has 0 aromatic carbocycles. The highest BCUT2D eigenvalue weighted by Gasteiger charge is 2.16. The van der Waals surface area contributed by atoms with Crippen molar-refractivity contribution in [2.45, 2.75) is 12.5 Å². The Bertz CT molecular complexity index is 608. The fourth-order valence-corrected chi connectivity index (χ4v) is 1.80. The first-order valence-electron chi connectivity index (χ1n) is 6.11. The van der Waals surface area contributed by atoms with E-state index < -0.39 is 5.95 Å². The molecule has 2 aromatic rings. The molecular formula is C14H11FN3O2. The molecule has 5 nitrogen and oxygen atoms in total. The van der Waals surface area contributed by atoms with Crippen LogP contribution in [0.25, 0.3) is 11.3 Å². The molecule has 3 rings (SSSR count). The van der Waals surface area contributed by atoms with Crippen molar-refractivity contribution in [3.63, 3.8) is 0 Å². The molecule has 0 bridgehead atoms. The van der Waals surface area contributed by atoms with Gasteiger partial charge in [0.05, 0.1) is 0 Å². The Balaban J connectivity index is 1.78. The largest absolute Gasteiger partial charge is 0.487 e. The van der Waals surface area contributed by atoms with Crippen molar-refractivity contribution in [3.8, 4) is 17.0 Å². The van der Waals surface area contributed by atoms with E-state index in [0.29, 0.717) is 30.0 Å². The number of nitrogens with zero attached hydrogens (tertiary/aromatic N) is 3. The van der Waals surface area contributed by atoms with E-state index in [0.717, 1.165) is 0 Å². The first-order chi connectivity index (χ1) is 9.83. The van der Waals surface area contributed by atoms with Crippen LogP contribution in [0.5, 0.6) is 5.75 Å². The fraction of sp³-hybridized carbons (Fsp3) is 0.214. The molecule has 20 heavy (non-hydrogen) atoms. The van der Waals surface area contributed by atoms with Gasteiger partial charge in [0.1, 0.15) is 24.3 Å². The smallest absolute Gasteiger partial charge is 0.212 e. The highest BCUT2D eigenvalue weighted by Crippen LogP contribution is 2.27. The number of hydrogen-bond donors (Lipinski definition) is 0. The van der Waals surface area contributed by atoms with Gasteiger partial charge in [-0.05, 0) is 24.3 Å². The topological polar surface area (TPSA) is 56.6 Å². The lowest BCUT2D eigenvalue weighted by molar-refractivity contribution is 0.0472. The first kappa shape index (κ1) is 12.5. The van der Waals surface area contributed by atoms with Gasteiger partial charge in [-0.1, -0.05) is 5.16 Å². The SMILES string of the molecule is Fc1ccc(-c2ncccc2OCC2C[C]=NO2)cn1. The number of halogens is 1. The molecule has 3 heterocycles. The summed E-state index contributed by atoms with van der Waals surface area (Å²) in [7, 11) is 0. The van der Waals surface area contributed by atoms with Crippen LogP contribution in [0.3, 0.4) is 0 Å². The zero-order chi connectivity index (χ0) is 13.8. The molecule has 1 aliphatic rings. The minimum Gasteiger partial charge on any atom is -0.487 e. The van der Waals surface area contributed by atoms with Gasteiger partial charge in [0.15, 0.2) is 6.10 Å². The van der Waals surface area contributed by atoms with Crippen LogP contribution in [0.4, 0.5) is 4.39 Å². The maximum Gasteiger partial charge on any atom is 0.212 e. The van der Waals surface area contributed by atoms with E-state index in [4.69, 9.17) is 9.57 Å². The van der Waals surface area contributed by atoms with Crippen LogP contribution in [0.2, 0.25) is 0 Å². The van der Waals surface area contributed by atoms with Crippen LogP contribution < -0.4 is 4.74 Å². The van der Waals surface area contributed by atoms with Crippen molar-refractivity contribution in [2.24, 2.45) is 5.16 Å². The molecule has 0 N–H and O–H groups in total. The molecule has 0 spiro atoms. The van der Waals surface area contributed by atoms with Gasteiger partial charge in [-0.2, -0.15) is 4.39 Å². The summed E-state index contributed by atoms with van der Waals surface area (Å²) in [5.41, 5.74) is 1.31. The zero-order valence-electron chi connectivity index (χ0n) is 10.5. The molecule has 0 fully saturated rings. The van der Waals surface area contributed by atoms with E-state index in [1.54, 1.807) is 24.4 Å². The second-order valence-corrected chi connectivity index (χ2v) is 4.21. The quantitative estimate of drug-likeness (QED) is 0.801. The van der Waals surface area contributed by atoms with Gasteiger partial charge in [-0.25, -0.2) is 4.98 Å². The molecule has 1 unspecified atom stereocenters. The summed E-state index contributed by atoms with van der Waals surface area (Å²) < 4.78 is 18.6. The summed E-state index contributed by atoms with van der Waals surface area (Å²) in [6.45, 7) is 0.351. The molecule has 101 valence electrons. The number of rotatable bonds is 4. The van der Waals surface area contributed by atoms with E-state index in [-0.39, 0.29) is 6.10 Å². The molecule has 0 saturated heterocycles. The number of pyridine rings is 2. The third-order valence-corrected chi connectivity index (χ3v) is 2.78. The minimum atomic E-state index is -0.529. The van der Waals surface area contributed by atoms with Crippen molar-refractivity contribution in [1.82, 2.24) is 9.97 Å². The lowest BCUT2D eigenvalue weighted by atomic mass is 10.2. The van der Waals surface area contributed by atoms with Gasteiger partial charge in [0, 0.05) is 24.4 Å². The third-order valence-electron chi connectivity index (χ3n) is 2.78. The average Bonchev–Trinajstić information content (AvgIpc) is 3.00. The number of ether oxygens (including phenoxy) is 1. The van der Waals surface area contributed by atoms with Gasteiger partial charge in [-0.3, -0.25) is 4.98 Å². The summed E-state index contributed by atoms with van der Waals surface area (Å²) in [6, 6.07) is 6.47. The fourth-order valence-electron chi connectivity index (χ4n) is 1.80. The Kier molecular flexibility index (Phi) is 3.54.